The topological polar surface area (TPSA) is 88.1 Å². The maximum atomic E-state index is 12.9. The molecule has 0 aromatic carbocycles. The molecule has 0 spiro atoms. The summed E-state index contributed by atoms with van der Waals surface area (Å²) in [5.41, 5.74) is 2.42. The van der Waals surface area contributed by atoms with E-state index in [-0.39, 0.29) is 12.5 Å². The Morgan fingerprint density at radius 2 is 2.07 bits per heavy atom. The van der Waals surface area contributed by atoms with Gasteiger partial charge in [0.05, 0.1) is 24.0 Å². The number of anilines is 1. The molecule has 5 rings (SSSR count). The predicted octanol–water partition coefficient (Wildman–Crippen LogP) is 2.62. The van der Waals surface area contributed by atoms with E-state index in [9.17, 15) is 10.1 Å². The van der Waals surface area contributed by atoms with Gasteiger partial charge < -0.3 is 20.1 Å². The maximum Gasteiger partial charge on any atom is 0.259 e. The van der Waals surface area contributed by atoms with Crippen LogP contribution < -0.4 is 10.2 Å². The van der Waals surface area contributed by atoms with Crippen molar-refractivity contribution in [1.82, 2.24) is 20.2 Å². The second-order valence-electron chi connectivity index (χ2n) is 8.39. The number of fused-ring (bicyclic) bond motifs is 3. The number of nitrogens with one attached hydrogen (secondary N) is 2. The van der Waals surface area contributed by atoms with Gasteiger partial charge in [0.15, 0.2) is 0 Å². The summed E-state index contributed by atoms with van der Waals surface area (Å²) >= 11 is 0. The van der Waals surface area contributed by atoms with Crippen LogP contribution in [-0.4, -0.2) is 52.6 Å². The molecular weight excluding hydrogens is 352 g/mol. The molecule has 7 nitrogen and oxygen atoms in total. The molecule has 1 amide bonds. The SMILES string of the molecule is N#CCN1CN(C2CCC(CNC3CC3)CC2)c2c(cnc3[nH]ccc23)C1=O. The molecule has 2 aliphatic carbocycles. The summed E-state index contributed by atoms with van der Waals surface area (Å²) in [6.07, 6.45) is 10.9. The number of amides is 1. The van der Waals surface area contributed by atoms with E-state index in [0.717, 1.165) is 48.1 Å². The van der Waals surface area contributed by atoms with Crippen molar-refractivity contribution in [2.45, 2.75) is 50.6 Å². The van der Waals surface area contributed by atoms with Gasteiger partial charge in [0.2, 0.25) is 0 Å². The van der Waals surface area contributed by atoms with Crippen molar-refractivity contribution in [2.24, 2.45) is 5.92 Å². The van der Waals surface area contributed by atoms with E-state index in [4.69, 9.17) is 0 Å². The lowest BCUT2D eigenvalue weighted by Crippen LogP contribution is -2.52. The monoisotopic (exact) mass is 378 g/mol. The molecule has 0 saturated heterocycles. The van der Waals surface area contributed by atoms with Crippen molar-refractivity contribution in [3.8, 4) is 6.07 Å². The van der Waals surface area contributed by atoms with Crippen LogP contribution in [0.4, 0.5) is 5.69 Å². The Bertz CT molecular complexity index is 919. The number of nitrogens with zero attached hydrogens (tertiary/aromatic N) is 4. The summed E-state index contributed by atoms with van der Waals surface area (Å²) in [6.45, 7) is 1.74. The second-order valence-corrected chi connectivity index (χ2v) is 8.39. The molecule has 2 aromatic rings. The van der Waals surface area contributed by atoms with Gasteiger partial charge in [-0.1, -0.05) is 0 Å². The lowest BCUT2D eigenvalue weighted by molar-refractivity contribution is 0.0754. The predicted molar refractivity (Wildman–Crippen MR) is 107 cm³/mol. The molecule has 3 heterocycles. The van der Waals surface area contributed by atoms with E-state index in [1.165, 1.54) is 25.7 Å². The zero-order valence-electron chi connectivity index (χ0n) is 16.0. The highest BCUT2D eigenvalue weighted by Gasteiger charge is 2.36. The van der Waals surface area contributed by atoms with Crippen LogP contribution in [0.5, 0.6) is 0 Å². The van der Waals surface area contributed by atoms with E-state index in [0.29, 0.717) is 18.3 Å². The summed E-state index contributed by atoms with van der Waals surface area (Å²) in [5, 5.41) is 13.8. The minimum atomic E-state index is -0.0919. The van der Waals surface area contributed by atoms with E-state index >= 15 is 0 Å². The summed E-state index contributed by atoms with van der Waals surface area (Å²) in [5.74, 6) is 0.661. The zero-order valence-corrected chi connectivity index (χ0v) is 16.0. The molecule has 2 fully saturated rings. The van der Waals surface area contributed by atoms with Crippen LogP contribution in [0.2, 0.25) is 0 Å². The Balaban J connectivity index is 1.40. The number of H-pyrrole nitrogens is 1. The van der Waals surface area contributed by atoms with Crippen LogP contribution in [0.15, 0.2) is 18.5 Å². The standard InChI is InChI=1S/C21H26N6O/c22-8-10-26-13-27(16-5-1-14(2-6-16)11-24-15-3-4-15)19-17-7-9-23-20(17)25-12-18(19)21(26)28/h7,9,12,14-16,24H,1-6,10-11,13H2,(H,23,25). The van der Waals surface area contributed by atoms with Crippen LogP contribution in [0.3, 0.4) is 0 Å². The van der Waals surface area contributed by atoms with Crippen LogP contribution >= 0.6 is 0 Å². The highest BCUT2D eigenvalue weighted by Crippen LogP contribution is 2.38. The van der Waals surface area contributed by atoms with Gasteiger partial charge >= 0.3 is 0 Å². The first-order valence-electron chi connectivity index (χ1n) is 10.4. The molecule has 0 unspecified atom stereocenters. The summed E-state index contributed by atoms with van der Waals surface area (Å²) in [7, 11) is 0. The lowest BCUT2D eigenvalue weighted by Gasteiger charge is -2.44. The van der Waals surface area contributed by atoms with Gasteiger partial charge in [-0.25, -0.2) is 4.98 Å². The van der Waals surface area contributed by atoms with E-state index in [1.807, 2.05) is 12.3 Å². The lowest BCUT2D eigenvalue weighted by atomic mass is 9.84. The van der Waals surface area contributed by atoms with E-state index in [2.05, 4.69) is 26.3 Å². The number of hydrogen-bond acceptors (Lipinski definition) is 5. The number of carbonyl (C=O) groups excluding carboxylic acids is 1. The third-order valence-corrected chi connectivity index (χ3v) is 6.48. The van der Waals surface area contributed by atoms with Crippen LogP contribution in [0.1, 0.15) is 48.9 Å². The molecule has 0 bridgehead atoms. The van der Waals surface area contributed by atoms with Crippen molar-refractivity contribution in [3.05, 3.63) is 24.0 Å². The Labute approximate surface area is 164 Å². The van der Waals surface area contributed by atoms with E-state index in [1.54, 1.807) is 11.1 Å². The highest BCUT2D eigenvalue weighted by molar-refractivity contribution is 6.08. The second kappa shape index (κ2) is 7.10. The fraction of sp³-hybridized carbons (Fsp3) is 0.571. The zero-order chi connectivity index (χ0) is 19.1. The third kappa shape index (κ3) is 3.12. The minimum absolute atomic E-state index is 0.0919. The van der Waals surface area contributed by atoms with Gasteiger partial charge in [0, 0.05) is 29.9 Å². The number of aromatic amines is 1. The molecular formula is C21H26N6O. The fourth-order valence-electron chi connectivity index (χ4n) is 4.74. The minimum Gasteiger partial charge on any atom is -0.349 e. The average molecular weight is 378 g/mol. The normalized spacial score (nSPS) is 25.0. The number of rotatable bonds is 5. The number of carbonyl (C=O) groups is 1. The molecule has 2 saturated carbocycles. The highest BCUT2D eigenvalue weighted by atomic mass is 16.2. The summed E-state index contributed by atoms with van der Waals surface area (Å²) < 4.78 is 0. The van der Waals surface area contributed by atoms with Crippen molar-refractivity contribution >= 4 is 22.6 Å². The Kier molecular flexibility index (Phi) is 4.44. The maximum absolute atomic E-state index is 12.9. The van der Waals surface area contributed by atoms with Crippen LogP contribution in [-0.2, 0) is 0 Å². The van der Waals surface area contributed by atoms with Crippen LogP contribution in [0, 0.1) is 17.2 Å². The molecule has 1 aliphatic heterocycles. The smallest absolute Gasteiger partial charge is 0.259 e. The molecule has 0 radical (unpaired) electrons. The van der Waals surface area contributed by atoms with E-state index < -0.39 is 0 Å². The molecule has 0 atom stereocenters. The van der Waals surface area contributed by atoms with Gasteiger partial charge in [0.1, 0.15) is 12.2 Å². The fourth-order valence-corrected chi connectivity index (χ4v) is 4.74. The number of hydrogen-bond donors (Lipinski definition) is 2. The Hall–Kier alpha value is -2.59. The summed E-state index contributed by atoms with van der Waals surface area (Å²) in [4.78, 5) is 24.5. The molecule has 7 heteroatoms. The average Bonchev–Trinajstić information content (AvgIpc) is 3.43. The van der Waals surface area contributed by atoms with Crippen molar-refractivity contribution in [1.29, 1.82) is 5.26 Å². The Morgan fingerprint density at radius 1 is 1.25 bits per heavy atom. The number of aromatic nitrogens is 2. The first-order valence-corrected chi connectivity index (χ1v) is 10.4. The molecule has 2 N–H and O–H groups in total. The molecule has 146 valence electrons. The van der Waals surface area contributed by atoms with Gasteiger partial charge in [-0.05, 0) is 57.1 Å². The number of nitriles is 1. The summed E-state index contributed by atoms with van der Waals surface area (Å²) in [6, 6.07) is 5.31. The largest absolute Gasteiger partial charge is 0.349 e. The van der Waals surface area contributed by atoms with Gasteiger partial charge in [0.25, 0.3) is 5.91 Å². The number of pyridine rings is 1. The van der Waals surface area contributed by atoms with Crippen LogP contribution in [0.25, 0.3) is 11.0 Å². The Morgan fingerprint density at radius 3 is 2.82 bits per heavy atom. The molecule has 28 heavy (non-hydrogen) atoms. The first kappa shape index (κ1) is 17.5. The van der Waals surface area contributed by atoms with Gasteiger partial charge in [-0.15, -0.1) is 0 Å². The van der Waals surface area contributed by atoms with Crippen molar-refractivity contribution < 1.29 is 4.79 Å². The first-order chi connectivity index (χ1) is 13.7. The third-order valence-electron chi connectivity index (χ3n) is 6.48. The molecule has 2 aromatic heterocycles. The van der Waals surface area contributed by atoms with Gasteiger partial charge in [-0.3, -0.25) is 4.79 Å². The quantitative estimate of drug-likeness (QED) is 0.781. The molecule has 3 aliphatic rings. The van der Waals surface area contributed by atoms with Crippen molar-refractivity contribution in [3.63, 3.8) is 0 Å². The van der Waals surface area contributed by atoms with Gasteiger partial charge in [-0.2, -0.15) is 5.26 Å². The van der Waals surface area contributed by atoms with Crippen molar-refractivity contribution in [2.75, 3.05) is 24.7 Å².